The number of amides is 1. The van der Waals surface area contributed by atoms with E-state index in [2.05, 4.69) is 4.98 Å². The second-order valence-electron chi connectivity index (χ2n) is 3.10. The number of nitrogens with zero attached hydrogens (tertiary/aromatic N) is 1. The van der Waals surface area contributed by atoms with E-state index in [0.717, 1.165) is 6.92 Å². The zero-order valence-electron chi connectivity index (χ0n) is 8.50. The van der Waals surface area contributed by atoms with Gasteiger partial charge in [-0.2, -0.15) is 13.2 Å². The number of alkyl halides is 3. The fourth-order valence-electron chi connectivity index (χ4n) is 1.08. The van der Waals surface area contributed by atoms with E-state index < -0.39 is 35.0 Å². The molecule has 0 atom stereocenters. The minimum atomic E-state index is -4.66. The molecule has 1 rings (SSSR count). The van der Waals surface area contributed by atoms with Gasteiger partial charge < -0.3 is 10.4 Å². The predicted molar refractivity (Wildman–Crippen MR) is 50.5 cm³/mol. The lowest BCUT2D eigenvalue weighted by molar-refractivity contribution is -0.137. The number of aromatic nitrogens is 1. The Bertz CT molecular complexity index is 471. The molecular weight excluding hydrogens is 241 g/mol. The summed E-state index contributed by atoms with van der Waals surface area (Å²) in [6, 6.07) is 0.526. The Morgan fingerprint density at radius 2 is 2.00 bits per heavy atom. The van der Waals surface area contributed by atoms with Gasteiger partial charge in [-0.25, -0.2) is 9.78 Å². The smallest absolute Gasteiger partial charge is 0.417 e. The lowest BCUT2D eigenvalue weighted by atomic mass is 10.2. The number of anilines is 1. The highest BCUT2D eigenvalue weighted by Gasteiger charge is 2.32. The molecule has 0 aliphatic carbocycles. The van der Waals surface area contributed by atoms with E-state index in [0.29, 0.717) is 12.3 Å². The molecule has 5 nitrogen and oxygen atoms in total. The molecule has 17 heavy (non-hydrogen) atoms. The summed E-state index contributed by atoms with van der Waals surface area (Å²) in [7, 11) is 0. The fourth-order valence-corrected chi connectivity index (χ4v) is 1.08. The molecule has 8 heteroatoms. The summed E-state index contributed by atoms with van der Waals surface area (Å²) >= 11 is 0. The van der Waals surface area contributed by atoms with Crippen LogP contribution in [0.25, 0.3) is 0 Å². The number of pyridine rings is 1. The van der Waals surface area contributed by atoms with Crippen LogP contribution in [0, 0.1) is 0 Å². The maximum Gasteiger partial charge on any atom is 0.417 e. The lowest BCUT2D eigenvalue weighted by Gasteiger charge is -2.10. The Labute approximate surface area is 93.3 Å². The third kappa shape index (κ3) is 3.16. The van der Waals surface area contributed by atoms with Crippen LogP contribution in [0.3, 0.4) is 0 Å². The quantitative estimate of drug-likeness (QED) is 0.835. The SMILES string of the molecule is CC(=O)Nc1cc(C(F)(F)F)cnc1C(=O)O. The first kappa shape index (κ1) is 12.9. The summed E-state index contributed by atoms with van der Waals surface area (Å²) in [6.45, 7) is 1.05. The van der Waals surface area contributed by atoms with Crippen molar-refractivity contribution < 1.29 is 27.9 Å². The first-order valence-electron chi connectivity index (χ1n) is 4.30. The molecule has 0 aromatic carbocycles. The van der Waals surface area contributed by atoms with Gasteiger partial charge in [0.15, 0.2) is 5.69 Å². The largest absolute Gasteiger partial charge is 0.476 e. The maximum absolute atomic E-state index is 12.3. The molecule has 0 saturated heterocycles. The Kier molecular flexibility index (Phi) is 3.35. The molecule has 0 spiro atoms. The van der Waals surface area contributed by atoms with E-state index in [9.17, 15) is 22.8 Å². The Hall–Kier alpha value is -2.12. The van der Waals surface area contributed by atoms with Crippen molar-refractivity contribution >= 4 is 17.6 Å². The average molecular weight is 248 g/mol. The Balaban J connectivity index is 3.29. The number of carboxylic acids is 1. The molecule has 92 valence electrons. The summed E-state index contributed by atoms with van der Waals surface area (Å²) in [5.41, 5.74) is -2.26. The van der Waals surface area contributed by atoms with Crippen molar-refractivity contribution in [3.05, 3.63) is 23.5 Å². The van der Waals surface area contributed by atoms with Gasteiger partial charge in [-0.1, -0.05) is 0 Å². The van der Waals surface area contributed by atoms with Crippen LogP contribution in [-0.4, -0.2) is 22.0 Å². The fraction of sp³-hybridized carbons (Fsp3) is 0.222. The highest BCUT2D eigenvalue weighted by Crippen LogP contribution is 2.31. The van der Waals surface area contributed by atoms with Gasteiger partial charge in [0, 0.05) is 13.1 Å². The second kappa shape index (κ2) is 4.40. The molecule has 1 aromatic rings. The monoisotopic (exact) mass is 248 g/mol. The van der Waals surface area contributed by atoms with Gasteiger partial charge in [-0.3, -0.25) is 4.79 Å². The number of carboxylic acid groups (broad SMARTS) is 1. The summed E-state index contributed by atoms with van der Waals surface area (Å²) in [4.78, 5) is 24.6. The molecule has 1 amide bonds. The molecule has 1 aromatic heterocycles. The van der Waals surface area contributed by atoms with E-state index in [1.165, 1.54) is 0 Å². The molecule has 0 radical (unpaired) electrons. The third-order valence-corrected chi connectivity index (χ3v) is 1.73. The number of nitrogens with one attached hydrogen (secondary N) is 1. The molecule has 0 saturated carbocycles. The minimum Gasteiger partial charge on any atom is -0.476 e. The number of hydrogen-bond donors (Lipinski definition) is 2. The number of aromatic carboxylic acids is 1. The lowest BCUT2D eigenvalue weighted by Crippen LogP contribution is -2.15. The van der Waals surface area contributed by atoms with Crippen LogP contribution in [0.1, 0.15) is 23.0 Å². The zero-order chi connectivity index (χ0) is 13.2. The molecule has 0 aliphatic heterocycles. The van der Waals surface area contributed by atoms with E-state index in [1.54, 1.807) is 0 Å². The number of halogens is 3. The van der Waals surface area contributed by atoms with Crippen LogP contribution in [-0.2, 0) is 11.0 Å². The van der Waals surface area contributed by atoms with Crippen molar-refractivity contribution in [2.45, 2.75) is 13.1 Å². The molecule has 2 N–H and O–H groups in total. The average Bonchev–Trinajstić information content (AvgIpc) is 2.14. The van der Waals surface area contributed by atoms with Gasteiger partial charge in [0.05, 0.1) is 11.3 Å². The molecule has 0 fully saturated rings. The standard InChI is InChI=1S/C9H7F3N2O3/c1-4(15)14-6-2-5(9(10,11)12)3-13-7(6)8(16)17/h2-3H,1H3,(H,14,15)(H,16,17). The first-order valence-corrected chi connectivity index (χ1v) is 4.30. The molecule has 0 bridgehead atoms. The summed E-state index contributed by atoms with van der Waals surface area (Å²) < 4.78 is 37.0. The van der Waals surface area contributed by atoms with E-state index in [4.69, 9.17) is 5.11 Å². The van der Waals surface area contributed by atoms with Crippen molar-refractivity contribution in [3.8, 4) is 0 Å². The van der Waals surface area contributed by atoms with Gasteiger partial charge in [-0.15, -0.1) is 0 Å². The summed E-state index contributed by atoms with van der Waals surface area (Å²) in [6.07, 6.45) is -4.26. The second-order valence-corrected chi connectivity index (χ2v) is 3.10. The molecule has 0 unspecified atom stereocenters. The van der Waals surface area contributed by atoms with Crippen molar-refractivity contribution in [1.29, 1.82) is 0 Å². The van der Waals surface area contributed by atoms with Crippen LogP contribution in [0.4, 0.5) is 18.9 Å². The predicted octanol–water partition coefficient (Wildman–Crippen LogP) is 1.76. The Morgan fingerprint density at radius 1 is 1.41 bits per heavy atom. The van der Waals surface area contributed by atoms with Gasteiger partial charge in [0.2, 0.25) is 5.91 Å². The summed E-state index contributed by atoms with van der Waals surface area (Å²) in [5.74, 6) is -2.21. The third-order valence-electron chi connectivity index (χ3n) is 1.73. The normalized spacial score (nSPS) is 11.1. The number of rotatable bonds is 2. The van der Waals surface area contributed by atoms with Crippen LogP contribution >= 0.6 is 0 Å². The zero-order valence-corrected chi connectivity index (χ0v) is 8.50. The van der Waals surface area contributed by atoms with Crippen molar-refractivity contribution in [3.63, 3.8) is 0 Å². The van der Waals surface area contributed by atoms with Gasteiger partial charge >= 0.3 is 12.1 Å². The molecule has 0 aliphatic rings. The van der Waals surface area contributed by atoms with Crippen molar-refractivity contribution in [2.24, 2.45) is 0 Å². The van der Waals surface area contributed by atoms with Crippen molar-refractivity contribution in [2.75, 3.05) is 5.32 Å². The van der Waals surface area contributed by atoms with Crippen LogP contribution in [0.15, 0.2) is 12.3 Å². The highest BCUT2D eigenvalue weighted by atomic mass is 19.4. The maximum atomic E-state index is 12.3. The number of carbonyl (C=O) groups excluding carboxylic acids is 1. The van der Waals surface area contributed by atoms with E-state index in [1.807, 2.05) is 5.32 Å². The van der Waals surface area contributed by atoms with Crippen LogP contribution in [0.2, 0.25) is 0 Å². The Morgan fingerprint density at radius 3 is 2.41 bits per heavy atom. The minimum absolute atomic E-state index is 0.398. The van der Waals surface area contributed by atoms with E-state index >= 15 is 0 Å². The molecular formula is C9H7F3N2O3. The van der Waals surface area contributed by atoms with Crippen LogP contribution in [0.5, 0.6) is 0 Å². The molecule has 1 heterocycles. The topological polar surface area (TPSA) is 79.3 Å². The van der Waals surface area contributed by atoms with Gasteiger partial charge in [0.25, 0.3) is 0 Å². The van der Waals surface area contributed by atoms with Gasteiger partial charge in [0.1, 0.15) is 0 Å². The van der Waals surface area contributed by atoms with Crippen molar-refractivity contribution in [1.82, 2.24) is 4.98 Å². The first-order chi connectivity index (χ1) is 7.71. The number of carbonyl (C=O) groups is 2. The number of hydrogen-bond acceptors (Lipinski definition) is 3. The van der Waals surface area contributed by atoms with Crippen LogP contribution < -0.4 is 5.32 Å². The highest BCUT2D eigenvalue weighted by molar-refractivity contribution is 5.98. The van der Waals surface area contributed by atoms with Gasteiger partial charge in [-0.05, 0) is 6.07 Å². The summed E-state index contributed by atoms with van der Waals surface area (Å²) in [5, 5.41) is 10.7. The van der Waals surface area contributed by atoms with E-state index in [-0.39, 0.29) is 0 Å².